The number of aliphatic hydroxyl groups is 1. The summed E-state index contributed by atoms with van der Waals surface area (Å²) >= 11 is 1.38. The molecule has 0 bridgehead atoms. The number of carboxylic acids is 1. The molecule has 0 aliphatic heterocycles. The molecule has 1 aromatic rings. The largest absolute Gasteiger partial charge is 0.480 e. The van der Waals surface area contributed by atoms with Gasteiger partial charge in [0.25, 0.3) is 0 Å². The van der Waals surface area contributed by atoms with Crippen LogP contribution in [0, 0.1) is 0 Å². The van der Waals surface area contributed by atoms with E-state index in [0.29, 0.717) is 5.01 Å². The molecule has 0 saturated carbocycles. The first kappa shape index (κ1) is 12.4. The maximum atomic E-state index is 11.2. The van der Waals surface area contributed by atoms with Crippen molar-refractivity contribution < 1.29 is 19.8 Å². The molecule has 88 valence electrons. The molecule has 1 aromatic heterocycles. The number of urea groups is 1. The van der Waals surface area contributed by atoms with Crippen LogP contribution in [0.15, 0.2) is 11.6 Å². The fourth-order valence-electron chi connectivity index (χ4n) is 0.891. The summed E-state index contributed by atoms with van der Waals surface area (Å²) in [5.74, 6) is -1.29. The first-order valence-corrected chi connectivity index (χ1v) is 5.28. The number of rotatable bonds is 5. The zero-order chi connectivity index (χ0) is 12.0. The number of hydrogen-bond donors (Lipinski definition) is 4. The number of nitrogens with zero attached hydrogens (tertiary/aromatic N) is 1. The molecular weight excluding hydrogens is 234 g/mol. The van der Waals surface area contributed by atoms with Crippen molar-refractivity contribution in [2.24, 2.45) is 0 Å². The summed E-state index contributed by atoms with van der Waals surface area (Å²) in [5, 5.41) is 24.2. The number of aliphatic hydroxyl groups excluding tert-OH is 1. The van der Waals surface area contributed by atoms with Gasteiger partial charge in [-0.25, -0.2) is 14.6 Å². The number of aromatic nitrogens is 1. The molecule has 0 unspecified atom stereocenters. The third-order valence-corrected chi connectivity index (χ3v) is 2.45. The van der Waals surface area contributed by atoms with Crippen LogP contribution in [0.2, 0.25) is 0 Å². The number of carbonyl (C=O) groups excluding carboxylic acids is 1. The van der Waals surface area contributed by atoms with E-state index in [-0.39, 0.29) is 6.54 Å². The van der Waals surface area contributed by atoms with Gasteiger partial charge in [0.2, 0.25) is 0 Å². The third kappa shape index (κ3) is 3.83. The molecule has 16 heavy (non-hydrogen) atoms. The maximum Gasteiger partial charge on any atom is 0.328 e. The molecule has 1 atom stereocenters. The second-order valence-corrected chi connectivity index (χ2v) is 3.81. The van der Waals surface area contributed by atoms with Crippen molar-refractivity contribution in [3.05, 3.63) is 16.6 Å². The van der Waals surface area contributed by atoms with Crippen LogP contribution in [-0.2, 0) is 11.3 Å². The molecule has 8 heteroatoms. The zero-order valence-electron chi connectivity index (χ0n) is 8.21. The Balaban J connectivity index is 2.33. The van der Waals surface area contributed by atoms with E-state index >= 15 is 0 Å². The minimum Gasteiger partial charge on any atom is -0.480 e. The van der Waals surface area contributed by atoms with Gasteiger partial charge in [-0.05, 0) is 0 Å². The van der Waals surface area contributed by atoms with Crippen molar-refractivity contribution in [2.75, 3.05) is 6.61 Å². The Labute approximate surface area is 95.1 Å². The summed E-state index contributed by atoms with van der Waals surface area (Å²) < 4.78 is 0. The van der Waals surface area contributed by atoms with E-state index in [0.717, 1.165) is 0 Å². The molecule has 2 amide bonds. The summed E-state index contributed by atoms with van der Waals surface area (Å²) in [4.78, 5) is 25.6. The monoisotopic (exact) mass is 245 g/mol. The van der Waals surface area contributed by atoms with E-state index in [2.05, 4.69) is 15.6 Å². The zero-order valence-corrected chi connectivity index (χ0v) is 9.03. The number of aliphatic carboxylic acids is 1. The summed E-state index contributed by atoms with van der Waals surface area (Å²) in [6, 6.07) is -1.95. The molecule has 0 spiro atoms. The predicted molar refractivity (Wildman–Crippen MR) is 56.0 cm³/mol. The molecule has 4 N–H and O–H groups in total. The van der Waals surface area contributed by atoms with E-state index in [4.69, 9.17) is 10.2 Å². The molecule has 0 aliphatic carbocycles. The average Bonchev–Trinajstić information content (AvgIpc) is 2.75. The maximum absolute atomic E-state index is 11.2. The van der Waals surface area contributed by atoms with Crippen LogP contribution in [0.5, 0.6) is 0 Å². The van der Waals surface area contributed by atoms with Gasteiger partial charge < -0.3 is 20.8 Å². The van der Waals surface area contributed by atoms with Crippen LogP contribution in [-0.4, -0.2) is 39.8 Å². The molecule has 1 heterocycles. The Hall–Kier alpha value is -1.67. The van der Waals surface area contributed by atoms with Gasteiger partial charge in [-0.2, -0.15) is 0 Å². The summed E-state index contributed by atoms with van der Waals surface area (Å²) in [5.41, 5.74) is 0. The van der Waals surface area contributed by atoms with Crippen LogP contribution in [0.25, 0.3) is 0 Å². The standard InChI is InChI=1S/C8H11N3O4S/c12-4-5(7(13)14)11-8(15)10-3-6-9-1-2-16-6/h1-2,5,12H,3-4H2,(H,13,14)(H2,10,11,15)/t5-/m1/s1. The molecule has 0 saturated heterocycles. The Bertz CT molecular complexity index is 354. The smallest absolute Gasteiger partial charge is 0.328 e. The van der Waals surface area contributed by atoms with Crippen molar-refractivity contribution in [2.45, 2.75) is 12.6 Å². The number of nitrogens with one attached hydrogen (secondary N) is 2. The lowest BCUT2D eigenvalue weighted by Crippen LogP contribution is -2.47. The number of hydrogen-bond acceptors (Lipinski definition) is 5. The Morgan fingerprint density at radius 2 is 2.31 bits per heavy atom. The van der Waals surface area contributed by atoms with Gasteiger partial charge in [-0.1, -0.05) is 0 Å². The molecule has 0 fully saturated rings. The van der Waals surface area contributed by atoms with Crippen LogP contribution in [0.4, 0.5) is 4.79 Å². The van der Waals surface area contributed by atoms with Gasteiger partial charge in [0.15, 0.2) is 6.04 Å². The van der Waals surface area contributed by atoms with Gasteiger partial charge in [0.1, 0.15) is 5.01 Å². The van der Waals surface area contributed by atoms with Crippen molar-refractivity contribution >= 4 is 23.3 Å². The van der Waals surface area contributed by atoms with Gasteiger partial charge in [0, 0.05) is 11.6 Å². The highest BCUT2D eigenvalue weighted by Gasteiger charge is 2.18. The molecule has 0 aliphatic rings. The summed E-state index contributed by atoms with van der Waals surface area (Å²) in [7, 11) is 0. The highest BCUT2D eigenvalue weighted by molar-refractivity contribution is 7.09. The molecule has 0 radical (unpaired) electrons. The lowest BCUT2D eigenvalue weighted by Gasteiger charge is -2.11. The first-order valence-electron chi connectivity index (χ1n) is 4.40. The normalized spacial score (nSPS) is 11.8. The van der Waals surface area contributed by atoms with Gasteiger partial charge in [-0.3, -0.25) is 0 Å². The Morgan fingerprint density at radius 3 is 2.81 bits per heavy atom. The van der Waals surface area contributed by atoms with Crippen molar-refractivity contribution in [3.63, 3.8) is 0 Å². The number of amides is 2. The highest BCUT2D eigenvalue weighted by Crippen LogP contribution is 2.02. The summed E-state index contributed by atoms with van der Waals surface area (Å²) in [6.45, 7) is -0.429. The highest BCUT2D eigenvalue weighted by atomic mass is 32.1. The van der Waals surface area contributed by atoms with Crippen molar-refractivity contribution in [1.82, 2.24) is 15.6 Å². The molecule has 0 aromatic carbocycles. The van der Waals surface area contributed by atoms with Crippen LogP contribution in [0.1, 0.15) is 5.01 Å². The van der Waals surface area contributed by atoms with Crippen LogP contribution in [0.3, 0.4) is 0 Å². The minimum atomic E-state index is -1.30. The van der Waals surface area contributed by atoms with Crippen LogP contribution >= 0.6 is 11.3 Å². The van der Waals surface area contributed by atoms with E-state index in [1.54, 1.807) is 11.6 Å². The SMILES string of the molecule is O=C(NCc1nccs1)N[C@H](CO)C(=O)O. The second kappa shape index (κ2) is 6.03. The van der Waals surface area contributed by atoms with Gasteiger partial charge in [0.05, 0.1) is 13.2 Å². The molecule has 7 nitrogen and oxygen atoms in total. The molecular formula is C8H11N3O4S. The number of carbonyl (C=O) groups is 2. The topological polar surface area (TPSA) is 112 Å². The fraction of sp³-hybridized carbons (Fsp3) is 0.375. The average molecular weight is 245 g/mol. The third-order valence-electron chi connectivity index (χ3n) is 1.67. The van der Waals surface area contributed by atoms with Crippen LogP contribution < -0.4 is 10.6 Å². The lowest BCUT2D eigenvalue weighted by molar-refractivity contribution is -0.140. The predicted octanol–water partition coefficient (Wildman–Crippen LogP) is -0.612. The summed E-state index contributed by atoms with van der Waals surface area (Å²) in [6.07, 6.45) is 1.60. The van der Waals surface area contributed by atoms with E-state index in [9.17, 15) is 9.59 Å². The fourth-order valence-corrected chi connectivity index (χ4v) is 1.45. The van der Waals surface area contributed by atoms with Gasteiger partial charge in [-0.15, -0.1) is 11.3 Å². The van der Waals surface area contributed by atoms with E-state index in [1.807, 2.05) is 0 Å². The second-order valence-electron chi connectivity index (χ2n) is 2.83. The Kier molecular flexibility index (Phi) is 4.67. The first-order chi connectivity index (χ1) is 7.63. The lowest BCUT2D eigenvalue weighted by atomic mass is 10.3. The van der Waals surface area contributed by atoms with E-state index < -0.39 is 24.6 Å². The van der Waals surface area contributed by atoms with E-state index in [1.165, 1.54) is 11.3 Å². The van der Waals surface area contributed by atoms with Crippen molar-refractivity contribution in [3.8, 4) is 0 Å². The molecule has 1 rings (SSSR count). The number of carboxylic acid groups (broad SMARTS) is 1. The minimum absolute atomic E-state index is 0.223. The quantitative estimate of drug-likeness (QED) is 0.553. The Morgan fingerprint density at radius 1 is 1.56 bits per heavy atom. The van der Waals surface area contributed by atoms with Gasteiger partial charge >= 0.3 is 12.0 Å². The van der Waals surface area contributed by atoms with Crippen molar-refractivity contribution in [1.29, 1.82) is 0 Å². The number of thiazole rings is 1.